The summed E-state index contributed by atoms with van der Waals surface area (Å²) in [6, 6.07) is 8.59. The topological polar surface area (TPSA) is 51.8 Å². The van der Waals surface area contributed by atoms with Crippen molar-refractivity contribution in [1.82, 2.24) is 15.1 Å². The largest absolute Gasteiger partial charge is 0.333 e. The molecule has 2 aromatic heterocycles. The van der Waals surface area contributed by atoms with E-state index < -0.39 is 0 Å². The van der Waals surface area contributed by atoms with Gasteiger partial charge < -0.3 is 4.52 Å². The molecular weight excluding hydrogens is 321 g/mol. The second kappa shape index (κ2) is 5.40. The molecule has 0 saturated heterocycles. The van der Waals surface area contributed by atoms with Crippen LogP contribution in [0.15, 0.2) is 41.1 Å². The molecule has 3 rings (SSSR count). The fourth-order valence-electron chi connectivity index (χ4n) is 1.63. The minimum absolute atomic E-state index is 0.296. The standard InChI is InChI=1S/C13H6Cl3N3O/c14-9-4-3-7(6-10(9)15)12-18-13(20-19-12)8-2-1-5-17-11(8)16/h1-6H. The minimum Gasteiger partial charge on any atom is -0.333 e. The second-order valence-electron chi connectivity index (χ2n) is 3.89. The van der Waals surface area contributed by atoms with Crippen LogP contribution in [0, 0.1) is 0 Å². The van der Waals surface area contributed by atoms with Gasteiger partial charge in [-0.15, -0.1) is 0 Å². The molecule has 0 aliphatic rings. The number of nitrogens with zero attached hydrogens (tertiary/aromatic N) is 3. The number of rotatable bonds is 2. The third-order valence-electron chi connectivity index (χ3n) is 2.59. The van der Waals surface area contributed by atoms with E-state index >= 15 is 0 Å². The molecule has 0 fully saturated rings. The highest BCUT2D eigenvalue weighted by molar-refractivity contribution is 6.42. The van der Waals surface area contributed by atoms with Gasteiger partial charge >= 0.3 is 0 Å². The van der Waals surface area contributed by atoms with E-state index in [-0.39, 0.29) is 0 Å². The summed E-state index contributed by atoms with van der Waals surface area (Å²) in [6.45, 7) is 0. The fraction of sp³-hybridized carbons (Fsp3) is 0. The molecular formula is C13H6Cl3N3O. The molecule has 0 saturated carbocycles. The Labute approximate surface area is 129 Å². The van der Waals surface area contributed by atoms with E-state index in [1.54, 1.807) is 36.5 Å². The number of benzene rings is 1. The van der Waals surface area contributed by atoms with Crippen molar-refractivity contribution < 1.29 is 4.52 Å². The van der Waals surface area contributed by atoms with Crippen molar-refractivity contribution in [2.24, 2.45) is 0 Å². The van der Waals surface area contributed by atoms with Gasteiger partial charge in [0.25, 0.3) is 5.89 Å². The number of hydrogen-bond donors (Lipinski definition) is 0. The van der Waals surface area contributed by atoms with Crippen LogP contribution >= 0.6 is 34.8 Å². The van der Waals surface area contributed by atoms with E-state index in [1.165, 1.54) is 0 Å². The third-order valence-corrected chi connectivity index (χ3v) is 3.63. The predicted octanol–water partition coefficient (Wildman–Crippen LogP) is 4.76. The summed E-state index contributed by atoms with van der Waals surface area (Å²) in [5, 5.41) is 5.10. The SMILES string of the molecule is Clc1ccc(-c2noc(-c3cccnc3Cl)n2)cc1Cl. The molecule has 0 aliphatic heterocycles. The van der Waals surface area contributed by atoms with E-state index in [1.807, 2.05) is 0 Å². The summed E-state index contributed by atoms with van der Waals surface area (Å²) in [5.41, 5.74) is 1.28. The first-order valence-corrected chi connectivity index (χ1v) is 6.68. The Morgan fingerprint density at radius 2 is 1.85 bits per heavy atom. The Kier molecular flexibility index (Phi) is 3.61. The van der Waals surface area contributed by atoms with Crippen LogP contribution in [0.3, 0.4) is 0 Å². The first-order chi connectivity index (χ1) is 9.65. The van der Waals surface area contributed by atoms with Crippen LogP contribution in [0.1, 0.15) is 0 Å². The monoisotopic (exact) mass is 325 g/mol. The zero-order chi connectivity index (χ0) is 14.1. The van der Waals surface area contributed by atoms with Crippen LogP contribution in [0.25, 0.3) is 22.8 Å². The van der Waals surface area contributed by atoms with Gasteiger partial charge in [-0.3, -0.25) is 0 Å². The van der Waals surface area contributed by atoms with Gasteiger partial charge in [0.05, 0.1) is 15.6 Å². The quantitative estimate of drug-likeness (QED) is 0.637. The highest BCUT2D eigenvalue weighted by Gasteiger charge is 2.14. The van der Waals surface area contributed by atoms with Gasteiger partial charge in [-0.05, 0) is 30.3 Å². The first-order valence-electron chi connectivity index (χ1n) is 5.55. The van der Waals surface area contributed by atoms with Gasteiger partial charge in [0, 0.05) is 11.8 Å². The highest BCUT2D eigenvalue weighted by Crippen LogP contribution is 2.29. The average Bonchev–Trinajstić information content (AvgIpc) is 2.92. The summed E-state index contributed by atoms with van der Waals surface area (Å²) in [7, 11) is 0. The second-order valence-corrected chi connectivity index (χ2v) is 5.07. The van der Waals surface area contributed by atoms with E-state index in [0.29, 0.717) is 38.0 Å². The molecule has 4 nitrogen and oxygen atoms in total. The fourth-order valence-corrected chi connectivity index (χ4v) is 2.13. The summed E-state index contributed by atoms with van der Waals surface area (Å²) < 4.78 is 5.19. The van der Waals surface area contributed by atoms with Crippen LogP contribution in [0.2, 0.25) is 15.2 Å². The molecule has 2 heterocycles. The van der Waals surface area contributed by atoms with Crippen molar-refractivity contribution in [3.63, 3.8) is 0 Å². The zero-order valence-electron chi connectivity index (χ0n) is 9.85. The molecule has 3 aromatic rings. The third kappa shape index (κ3) is 2.50. The van der Waals surface area contributed by atoms with Crippen LogP contribution < -0.4 is 0 Å². The number of aromatic nitrogens is 3. The Morgan fingerprint density at radius 3 is 2.60 bits per heavy atom. The molecule has 0 radical (unpaired) electrons. The summed E-state index contributed by atoms with van der Waals surface area (Å²) in [5.74, 6) is 0.697. The van der Waals surface area contributed by atoms with Crippen molar-refractivity contribution >= 4 is 34.8 Å². The number of pyridine rings is 1. The lowest BCUT2D eigenvalue weighted by atomic mass is 10.2. The van der Waals surface area contributed by atoms with E-state index in [4.69, 9.17) is 39.3 Å². The molecule has 100 valence electrons. The van der Waals surface area contributed by atoms with E-state index in [2.05, 4.69) is 15.1 Å². The van der Waals surface area contributed by atoms with Gasteiger partial charge in [0.15, 0.2) is 0 Å². The predicted molar refractivity (Wildman–Crippen MR) is 78.0 cm³/mol. The molecule has 0 amide bonds. The minimum atomic E-state index is 0.296. The maximum Gasteiger partial charge on any atom is 0.261 e. The van der Waals surface area contributed by atoms with Gasteiger partial charge in [-0.2, -0.15) is 4.98 Å². The van der Waals surface area contributed by atoms with Gasteiger partial charge in [-0.1, -0.05) is 40.0 Å². The lowest BCUT2D eigenvalue weighted by Crippen LogP contribution is -1.84. The molecule has 0 unspecified atom stereocenters. The summed E-state index contributed by atoms with van der Waals surface area (Å²) in [4.78, 5) is 8.24. The molecule has 20 heavy (non-hydrogen) atoms. The summed E-state index contributed by atoms with van der Waals surface area (Å²) >= 11 is 17.8. The van der Waals surface area contributed by atoms with Crippen LogP contribution in [-0.4, -0.2) is 15.1 Å². The number of halogens is 3. The highest BCUT2D eigenvalue weighted by atomic mass is 35.5. The lowest BCUT2D eigenvalue weighted by molar-refractivity contribution is 0.432. The average molecular weight is 327 g/mol. The van der Waals surface area contributed by atoms with Crippen molar-refractivity contribution in [2.45, 2.75) is 0 Å². The van der Waals surface area contributed by atoms with Crippen LogP contribution in [-0.2, 0) is 0 Å². The molecule has 0 bridgehead atoms. The molecule has 7 heteroatoms. The Morgan fingerprint density at radius 1 is 1.00 bits per heavy atom. The van der Waals surface area contributed by atoms with E-state index in [0.717, 1.165) is 0 Å². The van der Waals surface area contributed by atoms with Crippen LogP contribution in [0.4, 0.5) is 0 Å². The molecule has 0 N–H and O–H groups in total. The molecule has 0 atom stereocenters. The molecule has 0 aliphatic carbocycles. The van der Waals surface area contributed by atoms with Gasteiger partial charge in [0.1, 0.15) is 5.15 Å². The Bertz CT molecular complexity index is 773. The molecule has 1 aromatic carbocycles. The summed E-state index contributed by atoms with van der Waals surface area (Å²) in [6.07, 6.45) is 1.59. The van der Waals surface area contributed by atoms with E-state index in [9.17, 15) is 0 Å². The smallest absolute Gasteiger partial charge is 0.261 e. The Balaban J connectivity index is 2.02. The van der Waals surface area contributed by atoms with Crippen molar-refractivity contribution in [3.05, 3.63) is 51.7 Å². The zero-order valence-corrected chi connectivity index (χ0v) is 12.1. The van der Waals surface area contributed by atoms with Gasteiger partial charge in [-0.25, -0.2) is 4.98 Å². The maximum absolute atomic E-state index is 5.98. The van der Waals surface area contributed by atoms with Crippen molar-refractivity contribution in [1.29, 1.82) is 0 Å². The maximum atomic E-state index is 5.98. The number of hydrogen-bond acceptors (Lipinski definition) is 4. The lowest BCUT2D eigenvalue weighted by Gasteiger charge is -1.97. The molecule has 0 spiro atoms. The Hall–Kier alpha value is -1.62. The van der Waals surface area contributed by atoms with Crippen LogP contribution in [0.5, 0.6) is 0 Å². The van der Waals surface area contributed by atoms with Gasteiger partial charge in [0.2, 0.25) is 5.82 Å². The normalized spacial score (nSPS) is 10.8. The van der Waals surface area contributed by atoms with Crippen molar-refractivity contribution in [3.8, 4) is 22.8 Å². The first kappa shape index (κ1) is 13.4. The van der Waals surface area contributed by atoms with Crippen molar-refractivity contribution in [2.75, 3.05) is 0 Å².